The van der Waals surface area contributed by atoms with Gasteiger partial charge in [0, 0.05) is 19.2 Å². The molecule has 1 heterocycles. The molecule has 0 aliphatic rings. The lowest BCUT2D eigenvalue weighted by molar-refractivity contribution is 0.379. The van der Waals surface area contributed by atoms with E-state index >= 15 is 0 Å². The van der Waals surface area contributed by atoms with Gasteiger partial charge in [0.1, 0.15) is 12.4 Å². The van der Waals surface area contributed by atoms with Crippen LogP contribution in [-0.2, 0) is 19.4 Å². The smallest absolute Gasteiger partial charge is 0.191 e. The summed E-state index contributed by atoms with van der Waals surface area (Å²) in [5, 5.41) is 10.4. The van der Waals surface area contributed by atoms with Crippen molar-refractivity contribution in [1.82, 2.24) is 15.8 Å². The summed E-state index contributed by atoms with van der Waals surface area (Å²) in [6, 6.07) is 8.46. The van der Waals surface area contributed by atoms with Crippen LogP contribution in [0.3, 0.4) is 0 Å². The Labute approximate surface area is 159 Å². The maximum Gasteiger partial charge on any atom is 0.191 e. The van der Waals surface area contributed by atoms with Crippen molar-refractivity contribution >= 4 is 29.9 Å². The summed E-state index contributed by atoms with van der Waals surface area (Å²) in [5.41, 5.74) is 2.02. The molecular weight excluding hydrogens is 422 g/mol. The van der Waals surface area contributed by atoms with E-state index in [1.165, 1.54) is 12.1 Å². The summed E-state index contributed by atoms with van der Waals surface area (Å²) in [5.74, 6) is 1.26. The highest BCUT2D eigenvalue weighted by atomic mass is 127. The fraction of sp³-hybridized carbons (Fsp3) is 0.412. The van der Waals surface area contributed by atoms with Gasteiger partial charge >= 0.3 is 0 Å². The van der Waals surface area contributed by atoms with Gasteiger partial charge in [0.2, 0.25) is 0 Å². The third kappa shape index (κ3) is 6.86. The number of aliphatic imine (C=N–C) groups is 1. The fourth-order valence-electron chi connectivity index (χ4n) is 2.07. The molecule has 0 saturated heterocycles. The van der Waals surface area contributed by atoms with Crippen molar-refractivity contribution in [2.24, 2.45) is 4.99 Å². The second kappa shape index (κ2) is 11.0. The lowest BCUT2D eigenvalue weighted by Crippen LogP contribution is -2.38. The molecule has 0 amide bonds. The SMILES string of the molecule is CCNC(=NCc1cc(CC)no1)NCCc1ccc(F)cc1.I. The minimum atomic E-state index is -0.213. The molecule has 0 spiro atoms. The lowest BCUT2D eigenvalue weighted by Gasteiger charge is -2.10. The molecule has 2 N–H and O–H groups in total. The zero-order valence-corrected chi connectivity index (χ0v) is 16.3. The predicted octanol–water partition coefficient (Wildman–Crippen LogP) is 3.29. The number of hydrogen-bond acceptors (Lipinski definition) is 3. The molecule has 0 unspecified atom stereocenters. The molecule has 1 aromatic heterocycles. The first-order valence-electron chi connectivity index (χ1n) is 7.92. The largest absolute Gasteiger partial charge is 0.359 e. The van der Waals surface area contributed by atoms with Gasteiger partial charge in [-0.3, -0.25) is 0 Å². The van der Waals surface area contributed by atoms with Crippen LogP contribution in [0.4, 0.5) is 4.39 Å². The molecule has 0 saturated carbocycles. The van der Waals surface area contributed by atoms with Crippen LogP contribution < -0.4 is 10.6 Å². The van der Waals surface area contributed by atoms with Crippen LogP contribution in [0.1, 0.15) is 30.9 Å². The van der Waals surface area contributed by atoms with Gasteiger partial charge in [0.05, 0.1) is 5.69 Å². The highest BCUT2D eigenvalue weighted by molar-refractivity contribution is 14.0. The van der Waals surface area contributed by atoms with Crippen LogP contribution in [0.2, 0.25) is 0 Å². The molecular formula is C17H24FIN4O. The van der Waals surface area contributed by atoms with Crippen LogP contribution in [0.25, 0.3) is 0 Å². The molecule has 5 nitrogen and oxygen atoms in total. The van der Waals surface area contributed by atoms with Gasteiger partial charge in [-0.25, -0.2) is 9.38 Å². The van der Waals surface area contributed by atoms with Crippen molar-refractivity contribution < 1.29 is 8.91 Å². The minimum absolute atomic E-state index is 0. The molecule has 0 aliphatic heterocycles. The first kappa shape index (κ1) is 20.4. The third-order valence-corrected chi connectivity index (χ3v) is 3.33. The number of rotatable bonds is 7. The third-order valence-electron chi connectivity index (χ3n) is 3.33. The van der Waals surface area contributed by atoms with Gasteiger partial charge < -0.3 is 15.2 Å². The van der Waals surface area contributed by atoms with E-state index in [0.717, 1.165) is 42.4 Å². The number of guanidine groups is 1. The first-order chi connectivity index (χ1) is 11.2. The van der Waals surface area contributed by atoms with Gasteiger partial charge in [-0.2, -0.15) is 0 Å². The highest BCUT2D eigenvalue weighted by Gasteiger charge is 2.03. The van der Waals surface area contributed by atoms with Gasteiger partial charge in [-0.05, 0) is 37.5 Å². The average molecular weight is 446 g/mol. The van der Waals surface area contributed by atoms with Crippen molar-refractivity contribution in [1.29, 1.82) is 0 Å². The lowest BCUT2D eigenvalue weighted by atomic mass is 10.1. The van der Waals surface area contributed by atoms with Gasteiger partial charge in [0.15, 0.2) is 11.7 Å². The van der Waals surface area contributed by atoms with Crippen LogP contribution in [0.15, 0.2) is 39.8 Å². The summed E-state index contributed by atoms with van der Waals surface area (Å²) in [4.78, 5) is 4.48. The molecule has 0 radical (unpaired) electrons. The van der Waals surface area contributed by atoms with E-state index in [0.29, 0.717) is 13.1 Å². The minimum Gasteiger partial charge on any atom is -0.359 e. The Hall–Kier alpha value is -1.64. The number of aromatic nitrogens is 1. The van der Waals surface area contributed by atoms with Gasteiger partial charge in [-0.15, -0.1) is 24.0 Å². The van der Waals surface area contributed by atoms with E-state index in [1.54, 1.807) is 12.1 Å². The number of benzene rings is 1. The topological polar surface area (TPSA) is 62.5 Å². The summed E-state index contributed by atoms with van der Waals surface area (Å²) in [6.07, 6.45) is 1.65. The molecule has 0 fully saturated rings. The molecule has 2 aromatic rings. The van der Waals surface area contributed by atoms with Crippen LogP contribution >= 0.6 is 24.0 Å². The highest BCUT2D eigenvalue weighted by Crippen LogP contribution is 2.05. The van der Waals surface area contributed by atoms with Gasteiger partial charge in [0.25, 0.3) is 0 Å². The van der Waals surface area contributed by atoms with E-state index in [9.17, 15) is 4.39 Å². The number of aryl methyl sites for hydroxylation is 1. The zero-order chi connectivity index (χ0) is 16.5. The van der Waals surface area contributed by atoms with E-state index in [1.807, 2.05) is 19.9 Å². The summed E-state index contributed by atoms with van der Waals surface area (Å²) in [7, 11) is 0. The number of hydrogen-bond donors (Lipinski definition) is 2. The first-order valence-corrected chi connectivity index (χ1v) is 7.92. The number of nitrogens with one attached hydrogen (secondary N) is 2. The second-order valence-electron chi connectivity index (χ2n) is 5.14. The number of nitrogens with zero attached hydrogens (tertiary/aromatic N) is 2. The maximum absolute atomic E-state index is 12.9. The second-order valence-corrected chi connectivity index (χ2v) is 5.14. The van der Waals surface area contributed by atoms with Crippen molar-refractivity contribution in [2.45, 2.75) is 33.2 Å². The molecule has 0 atom stereocenters. The summed E-state index contributed by atoms with van der Waals surface area (Å²) < 4.78 is 18.1. The zero-order valence-electron chi connectivity index (χ0n) is 14.0. The van der Waals surface area contributed by atoms with E-state index in [4.69, 9.17) is 4.52 Å². The number of halogens is 2. The quantitative estimate of drug-likeness (QED) is 0.390. The van der Waals surface area contributed by atoms with Crippen LogP contribution in [0.5, 0.6) is 0 Å². The average Bonchev–Trinajstić information content (AvgIpc) is 3.02. The Bertz CT molecular complexity index is 628. The van der Waals surface area contributed by atoms with E-state index in [-0.39, 0.29) is 29.8 Å². The van der Waals surface area contributed by atoms with Crippen molar-refractivity contribution in [3.63, 3.8) is 0 Å². The fourth-order valence-corrected chi connectivity index (χ4v) is 2.07. The maximum atomic E-state index is 12.9. The Morgan fingerprint density at radius 3 is 2.58 bits per heavy atom. The molecule has 2 rings (SSSR count). The molecule has 24 heavy (non-hydrogen) atoms. The molecule has 0 aliphatic carbocycles. The standard InChI is InChI=1S/C17H23FN4O.HI/c1-3-15-11-16(23-22-15)12-21-17(19-4-2)20-10-9-13-5-7-14(18)8-6-13;/h5-8,11H,3-4,9-10,12H2,1-2H3,(H2,19,20,21);1H. The van der Waals surface area contributed by atoms with Gasteiger partial charge in [-0.1, -0.05) is 24.2 Å². The normalized spacial score (nSPS) is 11.0. The predicted molar refractivity (Wildman–Crippen MR) is 104 cm³/mol. The van der Waals surface area contributed by atoms with E-state index < -0.39 is 0 Å². The van der Waals surface area contributed by atoms with E-state index in [2.05, 4.69) is 20.8 Å². The summed E-state index contributed by atoms with van der Waals surface area (Å²) in [6.45, 7) is 5.98. The Balaban J connectivity index is 0.00000288. The molecule has 7 heteroatoms. The monoisotopic (exact) mass is 446 g/mol. The van der Waals surface area contributed by atoms with Crippen molar-refractivity contribution in [2.75, 3.05) is 13.1 Å². The van der Waals surface area contributed by atoms with Crippen LogP contribution in [0, 0.1) is 5.82 Å². The molecule has 0 bridgehead atoms. The van der Waals surface area contributed by atoms with Crippen LogP contribution in [-0.4, -0.2) is 24.2 Å². The molecule has 1 aromatic carbocycles. The van der Waals surface area contributed by atoms with Crippen molar-refractivity contribution in [3.05, 3.63) is 53.2 Å². The Morgan fingerprint density at radius 2 is 1.96 bits per heavy atom. The Morgan fingerprint density at radius 1 is 1.21 bits per heavy atom. The molecule has 132 valence electrons. The van der Waals surface area contributed by atoms with Crippen molar-refractivity contribution in [3.8, 4) is 0 Å². The summed E-state index contributed by atoms with van der Waals surface area (Å²) >= 11 is 0. The Kier molecular flexibility index (Phi) is 9.36.